The summed E-state index contributed by atoms with van der Waals surface area (Å²) in [4.78, 5) is 0. The maximum absolute atomic E-state index is 13.2. The van der Waals surface area contributed by atoms with Crippen LogP contribution in [0.1, 0.15) is 19.4 Å². The van der Waals surface area contributed by atoms with E-state index in [9.17, 15) is 4.39 Å². The minimum Gasteiger partial charge on any atom is -0.490 e. The highest BCUT2D eigenvalue weighted by Gasteiger charge is 2.08. The standard InChI is InChI=1S/C16H14FNO/c1-11(2)19-16-9-13(6-7-14(16)10-18)12-4-3-5-15(17)8-12/h3-9,11H,1-2H3. The molecule has 0 bridgehead atoms. The van der Waals surface area contributed by atoms with Crippen molar-refractivity contribution in [3.05, 3.63) is 53.8 Å². The topological polar surface area (TPSA) is 33.0 Å². The van der Waals surface area contributed by atoms with Crippen molar-refractivity contribution in [1.29, 1.82) is 5.26 Å². The van der Waals surface area contributed by atoms with Crippen LogP contribution in [0.5, 0.6) is 5.75 Å². The van der Waals surface area contributed by atoms with Crippen molar-refractivity contribution in [2.75, 3.05) is 0 Å². The fraction of sp³-hybridized carbons (Fsp3) is 0.188. The summed E-state index contributed by atoms with van der Waals surface area (Å²) in [6.07, 6.45) is -0.0186. The Hall–Kier alpha value is -2.34. The highest BCUT2D eigenvalue weighted by molar-refractivity contribution is 5.67. The van der Waals surface area contributed by atoms with Crippen molar-refractivity contribution >= 4 is 0 Å². The molecular formula is C16H14FNO. The summed E-state index contributed by atoms with van der Waals surface area (Å²) in [5, 5.41) is 9.05. The first-order valence-electron chi connectivity index (χ1n) is 6.07. The molecule has 0 saturated carbocycles. The summed E-state index contributed by atoms with van der Waals surface area (Å²) in [7, 11) is 0. The van der Waals surface area contributed by atoms with Crippen LogP contribution in [0.3, 0.4) is 0 Å². The third kappa shape index (κ3) is 3.11. The van der Waals surface area contributed by atoms with Gasteiger partial charge in [0, 0.05) is 0 Å². The van der Waals surface area contributed by atoms with E-state index in [-0.39, 0.29) is 11.9 Å². The molecule has 0 amide bonds. The lowest BCUT2D eigenvalue weighted by Crippen LogP contribution is -2.06. The highest BCUT2D eigenvalue weighted by Crippen LogP contribution is 2.28. The molecule has 2 aromatic rings. The van der Waals surface area contributed by atoms with E-state index in [1.165, 1.54) is 12.1 Å². The fourth-order valence-electron chi connectivity index (χ4n) is 1.81. The van der Waals surface area contributed by atoms with E-state index in [2.05, 4.69) is 6.07 Å². The molecule has 0 N–H and O–H groups in total. The van der Waals surface area contributed by atoms with Crippen molar-refractivity contribution in [1.82, 2.24) is 0 Å². The number of benzene rings is 2. The van der Waals surface area contributed by atoms with Crippen LogP contribution >= 0.6 is 0 Å². The van der Waals surface area contributed by atoms with Gasteiger partial charge >= 0.3 is 0 Å². The predicted octanol–water partition coefficient (Wildman–Crippen LogP) is 4.15. The van der Waals surface area contributed by atoms with Crippen LogP contribution < -0.4 is 4.74 Å². The first-order valence-corrected chi connectivity index (χ1v) is 6.07. The number of ether oxygens (including phenoxy) is 1. The van der Waals surface area contributed by atoms with Crippen LogP contribution in [-0.4, -0.2) is 6.10 Å². The molecule has 0 fully saturated rings. The maximum Gasteiger partial charge on any atom is 0.138 e. The van der Waals surface area contributed by atoms with Crippen LogP contribution in [0.2, 0.25) is 0 Å². The average Bonchev–Trinajstić information content (AvgIpc) is 2.38. The Morgan fingerprint density at radius 2 is 1.84 bits per heavy atom. The number of nitrogens with zero attached hydrogens (tertiary/aromatic N) is 1. The monoisotopic (exact) mass is 255 g/mol. The summed E-state index contributed by atoms with van der Waals surface area (Å²) in [5.41, 5.74) is 2.07. The van der Waals surface area contributed by atoms with E-state index in [4.69, 9.17) is 10.00 Å². The molecule has 19 heavy (non-hydrogen) atoms. The molecule has 0 unspecified atom stereocenters. The van der Waals surface area contributed by atoms with Crippen molar-refractivity contribution < 1.29 is 9.13 Å². The van der Waals surface area contributed by atoms with Gasteiger partial charge in [-0.25, -0.2) is 4.39 Å². The number of hydrogen-bond donors (Lipinski definition) is 0. The van der Waals surface area contributed by atoms with Gasteiger partial charge in [0.1, 0.15) is 17.6 Å². The quantitative estimate of drug-likeness (QED) is 0.825. The summed E-state index contributed by atoms with van der Waals surface area (Å²) >= 11 is 0. The van der Waals surface area contributed by atoms with Crippen molar-refractivity contribution in [3.63, 3.8) is 0 Å². The Morgan fingerprint density at radius 3 is 2.47 bits per heavy atom. The zero-order chi connectivity index (χ0) is 13.8. The van der Waals surface area contributed by atoms with Gasteiger partial charge in [0.15, 0.2) is 0 Å². The normalized spacial score (nSPS) is 10.3. The third-order valence-electron chi connectivity index (χ3n) is 2.62. The summed E-state index contributed by atoms with van der Waals surface area (Å²) < 4.78 is 18.8. The summed E-state index contributed by atoms with van der Waals surface area (Å²) in [6.45, 7) is 3.80. The van der Waals surface area contributed by atoms with E-state index in [1.54, 1.807) is 24.3 Å². The zero-order valence-corrected chi connectivity index (χ0v) is 10.9. The number of rotatable bonds is 3. The fourth-order valence-corrected chi connectivity index (χ4v) is 1.81. The first-order chi connectivity index (χ1) is 9.10. The van der Waals surface area contributed by atoms with E-state index < -0.39 is 0 Å². The Kier molecular flexibility index (Phi) is 3.82. The molecule has 0 atom stereocenters. The van der Waals surface area contributed by atoms with Crippen molar-refractivity contribution in [3.8, 4) is 22.9 Å². The molecule has 2 aromatic carbocycles. The molecule has 0 radical (unpaired) electrons. The van der Waals surface area contributed by atoms with E-state index in [1.807, 2.05) is 19.9 Å². The summed E-state index contributed by atoms with van der Waals surface area (Å²) in [6, 6.07) is 13.7. The van der Waals surface area contributed by atoms with Gasteiger partial charge in [0.25, 0.3) is 0 Å². The molecule has 0 aliphatic carbocycles. The first kappa shape index (κ1) is 13.1. The second-order valence-electron chi connectivity index (χ2n) is 4.50. The molecule has 2 rings (SSSR count). The molecule has 0 heterocycles. The Labute approximate surface area is 112 Å². The molecule has 0 aliphatic rings. The number of halogens is 1. The number of nitriles is 1. The van der Waals surface area contributed by atoms with Gasteiger partial charge < -0.3 is 4.74 Å². The van der Waals surface area contributed by atoms with Gasteiger partial charge in [-0.3, -0.25) is 0 Å². The Bertz CT molecular complexity index is 629. The number of hydrogen-bond acceptors (Lipinski definition) is 2. The van der Waals surface area contributed by atoms with E-state index >= 15 is 0 Å². The van der Waals surface area contributed by atoms with Gasteiger partial charge in [-0.1, -0.05) is 18.2 Å². The highest BCUT2D eigenvalue weighted by atomic mass is 19.1. The van der Waals surface area contributed by atoms with Gasteiger partial charge in [-0.2, -0.15) is 5.26 Å². The SMILES string of the molecule is CC(C)Oc1cc(-c2cccc(F)c2)ccc1C#N. The van der Waals surface area contributed by atoms with Gasteiger partial charge in [0.05, 0.1) is 11.7 Å². The lowest BCUT2D eigenvalue weighted by molar-refractivity contribution is 0.242. The molecule has 0 aromatic heterocycles. The second kappa shape index (κ2) is 5.53. The van der Waals surface area contributed by atoms with E-state index in [0.29, 0.717) is 11.3 Å². The minimum absolute atomic E-state index is 0.0186. The van der Waals surface area contributed by atoms with Crippen LogP contribution in [0.15, 0.2) is 42.5 Å². The smallest absolute Gasteiger partial charge is 0.138 e. The molecule has 0 spiro atoms. The zero-order valence-electron chi connectivity index (χ0n) is 10.9. The van der Waals surface area contributed by atoms with Gasteiger partial charge in [-0.15, -0.1) is 0 Å². The average molecular weight is 255 g/mol. The third-order valence-corrected chi connectivity index (χ3v) is 2.62. The van der Waals surface area contributed by atoms with Gasteiger partial charge in [0.2, 0.25) is 0 Å². The van der Waals surface area contributed by atoms with Crippen LogP contribution in [0.25, 0.3) is 11.1 Å². The van der Waals surface area contributed by atoms with E-state index in [0.717, 1.165) is 11.1 Å². The minimum atomic E-state index is -0.284. The van der Waals surface area contributed by atoms with Crippen molar-refractivity contribution in [2.24, 2.45) is 0 Å². The van der Waals surface area contributed by atoms with Crippen LogP contribution in [0, 0.1) is 17.1 Å². The van der Waals surface area contributed by atoms with Crippen molar-refractivity contribution in [2.45, 2.75) is 20.0 Å². The summed E-state index contributed by atoms with van der Waals surface area (Å²) in [5.74, 6) is 0.243. The Balaban J connectivity index is 2.46. The lowest BCUT2D eigenvalue weighted by atomic mass is 10.0. The predicted molar refractivity (Wildman–Crippen MR) is 72.3 cm³/mol. The second-order valence-corrected chi connectivity index (χ2v) is 4.50. The van der Waals surface area contributed by atoms with Gasteiger partial charge in [-0.05, 0) is 49.2 Å². The molecule has 96 valence electrons. The largest absolute Gasteiger partial charge is 0.490 e. The lowest BCUT2D eigenvalue weighted by Gasteiger charge is -2.12. The maximum atomic E-state index is 13.2. The molecule has 2 nitrogen and oxygen atoms in total. The Morgan fingerprint density at radius 1 is 1.11 bits per heavy atom. The molecular weight excluding hydrogens is 241 g/mol. The molecule has 0 saturated heterocycles. The molecule has 0 aliphatic heterocycles. The van der Waals surface area contributed by atoms with Crippen LogP contribution in [0.4, 0.5) is 4.39 Å². The van der Waals surface area contributed by atoms with Crippen LogP contribution in [-0.2, 0) is 0 Å². The molecule has 3 heteroatoms.